The highest BCUT2D eigenvalue weighted by molar-refractivity contribution is 7.89. The second-order valence-corrected chi connectivity index (χ2v) is 7.19. The maximum absolute atomic E-state index is 12.5. The quantitative estimate of drug-likeness (QED) is 0.806. The van der Waals surface area contributed by atoms with Crippen molar-refractivity contribution >= 4 is 21.9 Å². The number of nitrogens with zero attached hydrogens (tertiary/aromatic N) is 1. The van der Waals surface area contributed by atoms with Gasteiger partial charge in [0.1, 0.15) is 0 Å². The molecule has 1 saturated heterocycles. The molecule has 126 valence electrons. The summed E-state index contributed by atoms with van der Waals surface area (Å²) in [5.74, 6) is -1.19. The molecular weight excluding hydrogens is 320 g/mol. The maximum Gasteiger partial charge on any atom is 0.305 e. The second kappa shape index (κ2) is 7.10. The fourth-order valence-corrected chi connectivity index (χ4v) is 3.77. The minimum Gasteiger partial charge on any atom is -0.481 e. The van der Waals surface area contributed by atoms with Gasteiger partial charge >= 0.3 is 5.97 Å². The molecule has 1 atom stereocenters. The van der Waals surface area contributed by atoms with Crippen LogP contribution in [0.4, 0.5) is 0 Å². The maximum atomic E-state index is 12.5. The largest absolute Gasteiger partial charge is 0.481 e. The molecule has 0 spiro atoms. The summed E-state index contributed by atoms with van der Waals surface area (Å²) >= 11 is 0. The van der Waals surface area contributed by atoms with Crippen molar-refractivity contribution in [2.45, 2.75) is 37.1 Å². The number of hydrogen-bond donors (Lipinski definition) is 2. The fourth-order valence-electron chi connectivity index (χ4n) is 2.73. The number of sulfonamides is 1. The average molecular weight is 340 g/mol. The van der Waals surface area contributed by atoms with Gasteiger partial charge in [0.2, 0.25) is 10.0 Å². The van der Waals surface area contributed by atoms with Gasteiger partial charge in [-0.15, -0.1) is 0 Å². The normalized spacial score (nSPS) is 18.1. The second-order valence-electron chi connectivity index (χ2n) is 5.42. The van der Waals surface area contributed by atoms with Crippen LogP contribution in [0.2, 0.25) is 0 Å². The zero-order chi connectivity index (χ0) is 17.0. The Morgan fingerprint density at radius 1 is 1.30 bits per heavy atom. The third kappa shape index (κ3) is 4.08. The first-order chi connectivity index (χ1) is 10.8. The standard InChI is InChI=1S/C15H20N2O5S/c1-2-16-23(21,22)13-7-5-11(6-8-13)15(20)17-9-3-4-12(17)10-14(18)19/h5-8,12,16H,2-4,9-10H2,1H3,(H,18,19). The number of likely N-dealkylation sites (tertiary alicyclic amines) is 1. The lowest BCUT2D eigenvalue weighted by molar-refractivity contribution is -0.137. The van der Waals surface area contributed by atoms with E-state index in [4.69, 9.17) is 5.11 Å². The first-order valence-corrected chi connectivity index (χ1v) is 8.96. The van der Waals surface area contributed by atoms with Gasteiger partial charge in [0.25, 0.3) is 5.91 Å². The van der Waals surface area contributed by atoms with Gasteiger partial charge in [0.15, 0.2) is 0 Å². The molecule has 0 aliphatic carbocycles. The summed E-state index contributed by atoms with van der Waals surface area (Å²) < 4.78 is 26.1. The summed E-state index contributed by atoms with van der Waals surface area (Å²) in [5.41, 5.74) is 0.359. The molecule has 1 fully saturated rings. The Hall–Kier alpha value is -1.93. The Labute approximate surface area is 135 Å². The zero-order valence-corrected chi connectivity index (χ0v) is 13.7. The molecule has 0 aromatic heterocycles. The Kier molecular flexibility index (Phi) is 5.38. The van der Waals surface area contributed by atoms with Crippen molar-refractivity contribution in [3.8, 4) is 0 Å². The Bertz CT molecular complexity index is 684. The van der Waals surface area contributed by atoms with Gasteiger partial charge in [0, 0.05) is 24.7 Å². The summed E-state index contributed by atoms with van der Waals surface area (Å²) in [6, 6.07) is 5.39. The lowest BCUT2D eigenvalue weighted by Gasteiger charge is -2.23. The fraction of sp³-hybridized carbons (Fsp3) is 0.467. The third-order valence-electron chi connectivity index (χ3n) is 3.79. The molecule has 1 aliphatic heterocycles. The summed E-state index contributed by atoms with van der Waals surface area (Å²) in [6.07, 6.45) is 1.38. The van der Waals surface area contributed by atoms with Crippen molar-refractivity contribution in [3.63, 3.8) is 0 Å². The van der Waals surface area contributed by atoms with Crippen LogP contribution in [0.15, 0.2) is 29.2 Å². The third-order valence-corrected chi connectivity index (χ3v) is 5.36. The van der Waals surface area contributed by atoms with E-state index >= 15 is 0 Å². The van der Waals surface area contributed by atoms with Crippen molar-refractivity contribution in [2.75, 3.05) is 13.1 Å². The van der Waals surface area contributed by atoms with E-state index < -0.39 is 16.0 Å². The van der Waals surface area contributed by atoms with E-state index in [2.05, 4.69) is 4.72 Å². The number of nitrogens with one attached hydrogen (secondary N) is 1. The molecule has 23 heavy (non-hydrogen) atoms. The van der Waals surface area contributed by atoms with Gasteiger partial charge in [-0.25, -0.2) is 13.1 Å². The van der Waals surface area contributed by atoms with E-state index in [0.29, 0.717) is 18.5 Å². The number of hydrogen-bond acceptors (Lipinski definition) is 4. The molecule has 1 aromatic rings. The molecule has 0 saturated carbocycles. The van der Waals surface area contributed by atoms with E-state index in [1.165, 1.54) is 24.3 Å². The summed E-state index contributed by atoms with van der Waals surface area (Å²) in [6.45, 7) is 2.49. The van der Waals surface area contributed by atoms with Crippen molar-refractivity contribution in [3.05, 3.63) is 29.8 Å². The van der Waals surface area contributed by atoms with Crippen LogP contribution in [-0.4, -0.2) is 49.4 Å². The lowest BCUT2D eigenvalue weighted by Crippen LogP contribution is -2.36. The van der Waals surface area contributed by atoms with Gasteiger partial charge < -0.3 is 10.0 Å². The van der Waals surface area contributed by atoms with Crippen LogP contribution in [0.1, 0.15) is 36.5 Å². The van der Waals surface area contributed by atoms with Crippen LogP contribution >= 0.6 is 0 Å². The molecule has 1 aliphatic rings. The van der Waals surface area contributed by atoms with E-state index in [1.807, 2.05) is 0 Å². The van der Waals surface area contributed by atoms with Crippen LogP contribution < -0.4 is 4.72 Å². The van der Waals surface area contributed by atoms with Gasteiger partial charge in [-0.2, -0.15) is 0 Å². The van der Waals surface area contributed by atoms with Crippen LogP contribution in [0.3, 0.4) is 0 Å². The molecule has 2 N–H and O–H groups in total. The highest BCUT2D eigenvalue weighted by Crippen LogP contribution is 2.23. The average Bonchev–Trinajstić information content (AvgIpc) is 2.94. The van der Waals surface area contributed by atoms with Crippen LogP contribution in [0.25, 0.3) is 0 Å². The number of carboxylic acids is 1. The van der Waals surface area contributed by atoms with Crippen molar-refractivity contribution in [1.29, 1.82) is 0 Å². The van der Waals surface area contributed by atoms with Gasteiger partial charge in [-0.05, 0) is 37.1 Å². The van der Waals surface area contributed by atoms with E-state index in [1.54, 1.807) is 11.8 Å². The molecule has 0 bridgehead atoms. The molecule has 1 amide bonds. The SMILES string of the molecule is CCNS(=O)(=O)c1ccc(C(=O)N2CCCC2CC(=O)O)cc1. The highest BCUT2D eigenvalue weighted by atomic mass is 32.2. The first-order valence-electron chi connectivity index (χ1n) is 7.47. The Morgan fingerprint density at radius 3 is 2.52 bits per heavy atom. The Morgan fingerprint density at radius 2 is 1.96 bits per heavy atom. The number of carbonyl (C=O) groups excluding carboxylic acids is 1. The predicted molar refractivity (Wildman–Crippen MR) is 83.6 cm³/mol. The van der Waals surface area contributed by atoms with Crippen molar-refractivity contribution < 1.29 is 23.1 Å². The molecular formula is C15H20N2O5S. The minimum atomic E-state index is -3.55. The molecule has 1 unspecified atom stereocenters. The number of amides is 1. The monoisotopic (exact) mass is 340 g/mol. The summed E-state index contributed by atoms with van der Waals surface area (Å²) in [5, 5.41) is 8.91. The van der Waals surface area contributed by atoms with E-state index in [-0.39, 0.29) is 29.8 Å². The molecule has 7 nitrogen and oxygen atoms in total. The number of aliphatic carboxylic acids is 1. The molecule has 1 heterocycles. The smallest absolute Gasteiger partial charge is 0.305 e. The lowest BCUT2D eigenvalue weighted by atomic mass is 10.1. The molecule has 8 heteroatoms. The molecule has 0 radical (unpaired) electrons. The van der Waals surface area contributed by atoms with Gasteiger partial charge in [-0.3, -0.25) is 9.59 Å². The number of carboxylic acid groups (broad SMARTS) is 1. The Balaban J connectivity index is 2.16. The van der Waals surface area contributed by atoms with Crippen molar-refractivity contribution in [2.24, 2.45) is 0 Å². The molecule has 1 aromatic carbocycles. The number of rotatable bonds is 6. The highest BCUT2D eigenvalue weighted by Gasteiger charge is 2.31. The van der Waals surface area contributed by atoms with Crippen LogP contribution in [-0.2, 0) is 14.8 Å². The molecule has 2 rings (SSSR count). The van der Waals surface area contributed by atoms with Crippen LogP contribution in [0.5, 0.6) is 0 Å². The van der Waals surface area contributed by atoms with Gasteiger partial charge in [0.05, 0.1) is 11.3 Å². The topological polar surface area (TPSA) is 104 Å². The van der Waals surface area contributed by atoms with E-state index in [0.717, 1.165) is 6.42 Å². The number of benzene rings is 1. The van der Waals surface area contributed by atoms with Crippen molar-refractivity contribution in [1.82, 2.24) is 9.62 Å². The van der Waals surface area contributed by atoms with E-state index in [9.17, 15) is 18.0 Å². The predicted octanol–water partition coefficient (Wildman–Crippen LogP) is 1.06. The van der Waals surface area contributed by atoms with Gasteiger partial charge in [-0.1, -0.05) is 6.92 Å². The van der Waals surface area contributed by atoms with Crippen LogP contribution in [0, 0.1) is 0 Å². The zero-order valence-electron chi connectivity index (χ0n) is 12.9. The number of carbonyl (C=O) groups is 2. The first kappa shape index (κ1) is 17.4. The summed E-state index contributed by atoms with van der Waals surface area (Å²) in [4.78, 5) is 25.0. The summed E-state index contributed by atoms with van der Waals surface area (Å²) in [7, 11) is -3.55. The minimum absolute atomic E-state index is 0.0708.